The predicted octanol–water partition coefficient (Wildman–Crippen LogP) is 13.9. The normalized spacial score (nSPS) is 19.8. The van der Waals surface area contributed by atoms with Crippen LogP contribution in [0.25, 0.3) is 110 Å². The van der Waals surface area contributed by atoms with Gasteiger partial charge < -0.3 is 8.83 Å². The maximum Gasteiger partial charge on any atom is 0.136 e. The molecule has 0 unspecified atom stereocenters. The molecule has 2 aromatic heterocycles. The summed E-state index contributed by atoms with van der Waals surface area (Å²) in [6.07, 6.45) is 0. The minimum Gasteiger partial charge on any atom is -0.456 e. The molecule has 11 aromatic rings. The van der Waals surface area contributed by atoms with Crippen LogP contribution in [0.15, 0.2) is 178 Å². The highest BCUT2D eigenvalue weighted by molar-refractivity contribution is 6.26. The molecule has 2 nitrogen and oxygen atoms in total. The lowest BCUT2D eigenvalue weighted by Gasteiger charge is -2.18. The van der Waals surface area contributed by atoms with Crippen LogP contribution in [-0.2, 0) is 0 Å². The molecule has 232 valence electrons. The third-order valence-electron chi connectivity index (χ3n) is 8.40. The van der Waals surface area contributed by atoms with Gasteiger partial charge in [-0.2, -0.15) is 0 Å². The Bertz CT molecular complexity index is 4660. The Balaban J connectivity index is 1.33. The Morgan fingerprint density at radius 3 is 1.56 bits per heavy atom. The van der Waals surface area contributed by atoms with Crippen molar-refractivity contribution in [3.63, 3.8) is 0 Å². The van der Waals surface area contributed by atoms with E-state index in [1.165, 1.54) is 0 Å². The SMILES string of the molecule is [2H]c1c([2H])c([2H])c(-c2c3c([2H])c([2H])c([2H])c([2H])c3c(-c3c([2H])c([2H])c4c(-c5c([2H])c([2H])c6c(oc7c([2H])c([2H])c8oc9c([2H])c([2H])c([2H])c([2H])c9c8c76)c5[2H])c([2H])c([2H])c([2H])c4c3[2H])c3c([2H])c([2H])c([2H])c([2H])c23)c([2H])c1[2H]. The number of hydrogen-bond donors (Lipinski definition) is 0. The molecule has 0 saturated heterocycles. The van der Waals surface area contributed by atoms with E-state index >= 15 is 0 Å². The molecular weight excluding hydrogens is 609 g/mol. The second-order valence-electron chi connectivity index (χ2n) is 11.0. The van der Waals surface area contributed by atoms with Gasteiger partial charge in [-0.15, -0.1) is 0 Å². The second kappa shape index (κ2) is 10.4. The number of benzene rings is 9. The zero-order valence-corrected chi connectivity index (χ0v) is 24.8. The van der Waals surface area contributed by atoms with Crippen LogP contribution in [0.3, 0.4) is 0 Å². The van der Waals surface area contributed by atoms with Gasteiger partial charge in [0.25, 0.3) is 0 Å². The van der Waals surface area contributed by atoms with E-state index in [2.05, 4.69) is 0 Å². The first-order chi connectivity index (χ1) is 36.5. The Kier molecular flexibility index (Phi) is 2.45. The average Bonchev–Trinajstić information content (AvgIpc) is 4.12. The highest BCUT2D eigenvalue weighted by atomic mass is 16.3. The molecule has 0 saturated carbocycles. The highest BCUT2D eigenvalue weighted by Gasteiger charge is 2.19. The van der Waals surface area contributed by atoms with Crippen molar-refractivity contribution in [3.05, 3.63) is 169 Å². The fourth-order valence-electron chi connectivity index (χ4n) is 6.34. The highest BCUT2D eigenvalue weighted by Crippen LogP contribution is 2.45. The number of rotatable bonds is 3. The van der Waals surface area contributed by atoms with Gasteiger partial charge in [0.05, 0.1) is 38.4 Å². The molecule has 9 aromatic carbocycles. The third-order valence-corrected chi connectivity index (χ3v) is 8.40. The van der Waals surface area contributed by atoms with E-state index in [4.69, 9.17) is 30.8 Å². The summed E-state index contributed by atoms with van der Waals surface area (Å²) in [4.78, 5) is 0. The maximum absolute atomic E-state index is 9.89. The Labute approximate surface area is 326 Å². The monoisotopic (exact) mass is 664 g/mol. The molecule has 11 rings (SSSR count). The molecule has 0 amide bonds. The molecule has 0 bridgehead atoms. The van der Waals surface area contributed by atoms with Gasteiger partial charge in [0.15, 0.2) is 0 Å². The molecule has 0 fully saturated rings. The van der Waals surface area contributed by atoms with Gasteiger partial charge in [0.1, 0.15) is 22.3 Å². The Morgan fingerprint density at radius 1 is 0.320 bits per heavy atom. The largest absolute Gasteiger partial charge is 0.456 e. The van der Waals surface area contributed by atoms with Crippen molar-refractivity contribution in [2.24, 2.45) is 0 Å². The van der Waals surface area contributed by atoms with Gasteiger partial charge in [-0.1, -0.05) is 133 Å². The van der Waals surface area contributed by atoms with Gasteiger partial charge in [-0.3, -0.25) is 0 Å². The van der Waals surface area contributed by atoms with Crippen LogP contribution in [0.2, 0.25) is 0 Å². The molecule has 50 heavy (non-hydrogen) atoms. The Hall–Kier alpha value is -6.64. The maximum atomic E-state index is 9.89. The van der Waals surface area contributed by atoms with Crippen molar-refractivity contribution < 1.29 is 47.2 Å². The summed E-state index contributed by atoms with van der Waals surface area (Å²) < 4.78 is 264. The van der Waals surface area contributed by atoms with Crippen LogP contribution in [0.4, 0.5) is 0 Å². The summed E-state index contributed by atoms with van der Waals surface area (Å²) in [5, 5.41) is -5.53. The average molecular weight is 665 g/mol. The summed E-state index contributed by atoms with van der Waals surface area (Å²) in [6.45, 7) is 0. The second-order valence-corrected chi connectivity index (χ2v) is 11.0. The number of furan rings is 2. The van der Waals surface area contributed by atoms with Crippen LogP contribution < -0.4 is 0 Å². The van der Waals surface area contributed by atoms with Crippen LogP contribution >= 0.6 is 0 Å². The van der Waals surface area contributed by atoms with E-state index in [0.29, 0.717) is 0 Å². The number of para-hydroxylation sites is 1. The van der Waals surface area contributed by atoms with Crippen molar-refractivity contribution in [2.45, 2.75) is 0 Å². The topological polar surface area (TPSA) is 26.3 Å². The fraction of sp³-hybridized carbons (Fsp3) is 0. The molecule has 0 atom stereocenters. The molecule has 0 radical (unpaired) electrons. The standard InChI is InChI=1S/C48H28O2/c1-2-11-29(12-3-1)45-35-14-4-6-16-37(35)46(38-17-7-5-15-36(38)45)32-22-23-34-30(27-32)13-10-19-33(34)31-21-24-40-44(28-31)50-43-26-25-42-47(48(40)43)39-18-8-9-20-41(39)49-42/h1-28H/i1D,2D,3D,4D,5D,6D,7D,8D,9D,10D,11D,12D,13D,14D,15D,16D,17D,18D,19D,20D,21D,22D,23D,24D,25D,26D,27D,28D. The van der Waals surface area contributed by atoms with Crippen molar-refractivity contribution in [3.8, 4) is 33.4 Å². The molecular formula is C48H28O2. The fourth-order valence-corrected chi connectivity index (χ4v) is 6.34. The molecule has 0 aliphatic rings. The van der Waals surface area contributed by atoms with Crippen molar-refractivity contribution in [2.75, 3.05) is 0 Å². The summed E-state index contributed by atoms with van der Waals surface area (Å²) >= 11 is 0. The van der Waals surface area contributed by atoms with E-state index in [0.717, 1.165) is 0 Å². The van der Waals surface area contributed by atoms with E-state index < -0.39 is 263 Å². The predicted molar refractivity (Wildman–Crippen MR) is 210 cm³/mol. The van der Waals surface area contributed by atoms with Crippen LogP contribution in [0.5, 0.6) is 0 Å². The third kappa shape index (κ3) is 3.90. The molecule has 2 heterocycles. The van der Waals surface area contributed by atoms with Crippen LogP contribution in [-0.4, -0.2) is 0 Å². The summed E-state index contributed by atoms with van der Waals surface area (Å²) in [5.41, 5.74) is -6.45. The van der Waals surface area contributed by atoms with Gasteiger partial charge in [-0.05, 0) is 102 Å². The summed E-state index contributed by atoms with van der Waals surface area (Å²) in [7, 11) is 0. The summed E-state index contributed by atoms with van der Waals surface area (Å²) in [6, 6.07) is -25.2. The van der Waals surface area contributed by atoms with Gasteiger partial charge >= 0.3 is 0 Å². The van der Waals surface area contributed by atoms with Gasteiger partial charge in [-0.25, -0.2) is 0 Å². The lowest BCUT2D eigenvalue weighted by atomic mass is 9.85. The zero-order valence-electron chi connectivity index (χ0n) is 52.8. The first kappa shape index (κ1) is 11.8. The molecule has 0 spiro atoms. The zero-order chi connectivity index (χ0) is 57.1. The summed E-state index contributed by atoms with van der Waals surface area (Å²) in [5.74, 6) is 0. The van der Waals surface area contributed by atoms with E-state index in [1.54, 1.807) is 0 Å². The first-order valence-corrected chi connectivity index (χ1v) is 14.8. The van der Waals surface area contributed by atoms with E-state index in [1.807, 2.05) is 0 Å². The van der Waals surface area contributed by atoms with E-state index in [-0.39, 0.29) is 16.2 Å². The minimum atomic E-state index is -1.09. The molecule has 0 aliphatic heterocycles. The molecule has 0 aliphatic carbocycles. The van der Waals surface area contributed by atoms with Crippen molar-refractivity contribution in [1.29, 1.82) is 0 Å². The number of fused-ring (bicyclic) bond motifs is 10. The van der Waals surface area contributed by atoms with Gasteiger partial charge in [0.2, 0.25) is 0 Å². The van der Waals surface area contributed by atoms with Crippen LogP contribution in [0.1, 0.15) is 38.4 Å². The lowest BCUT2D eigenvalue weighted by molar-refractivity contribution is 0.663. The Morgan fingerprint density at radius 2 is 0.860 bits per heavy atom. The van der Waals surface area contributed by atoms with Crippen LogP contribution in [0, 0.1) is 0 Å². The molecule has 2 heteroatoms. The quantitative estimate of drug-likeness (QED) is 0.176. The number of hydrogen-bond acceptors (Lipinski definition) is 2. The lowest BCUT2D eigenvalue weighted by Crippen LogP contribution is -1.91. The minimum absolute atomic E-state index is 0.222. The van der Waals surface area contributed by atoms with Crippen molar-refractivity contribution in [1.82, 2.24) is 0 Å². The first-order valence-electron chi connectivity index (χ1n) is 28.8. The molecule has 0 N–H and O–H groups in total. The van der Waals surface area contributed by atoms with Crippen molar-refractivity contribution >= 4 is 76.2 Å². The smallest absolute Gasteiger partial charge is 0.136 e. The van der Waals surface area contributed by atoms with E-state index in [9.17, 15) is 16.4 Å². The van der Waals surface area contributed by atoms with Gasteiger partial charge in [0, 0.05) is 21.5 Å².